The molecule has 7 heteroatoms. The van der Waals surface area contributed by atoms with E-state index in [1.165, 1.54) is 12.7 Å². The quantitative estimate of drug-likeness (QED) is 0.534. The van der Waals surface area contributed by atoms with Crippen molar-refractivity contribution in [1.82, 2.24) is 15.5 Å². The zero-order valence-corrected chi connectivity index (χ0v) is 14.2. The second-order valence-corrected chi connectivity index (χ2v) is 5.80. The van der Waals surface area contributed by atoms with E-state index in [0.29, 0.717) is 18.1 Å². The number of H-pyrrole nitrogens is 1. The molecule has 0 fully saturated rings. The molecule has 25 heavy (non-hydrogen) atoms. The van der Waals surface area contributed by atoms with Crippen molar-refractivity contribution in [2.24, 2.45) is 0 Å². The van der Waals surface area contributed by atoms with Crippen molar-refractivity contribution in [3.05, 3.63) is 53.6 Å². The molecule has 2 aromatic carbocycles. The topological polar surface area (TPSA) is 105 Å². The van der Waals surface area contributed by atoms with Crippen molar-refractivity contribution in [1.29, 1.82) is 0 Å². The number of amides is 1. The van der Waals surface area contributed by atoms with Crippen molar-refractivity contribution in [3.8, 4) is 0 Å². The van der Waals surface area contributed by atoms with Gasteiger partial charge in [0.2, 0.25) is 0 Å². The number of ether oxygens (including phenoxy) is 1. The number of fused-ring (bicyclic) bond motifs is 1. The van der Waals surface area contributed by atoms with E-state index in [9.17, 15) is 4.79 Å². The van der Waals surface area contributed by atoms with Gasteiger partial charge >= 0.3 is 6.09 Å². The summed E-state index contributed by atoms with van der Waals surface area (Å²) in [5.41, 5.74) is 9.70. The first-order valence-electron chi connectivity index (χ1n) is 7.98. The number of anilines is 2. The van der Waals surface area contributed by atoms with Crippen molar-refractivity contribution in [3.63, 3.8) is 0 Å². The summed E-state index contributed by atoms with van der Waals surface area (Å²) in [6, 6.07) is 14.1. The number of aromatic nitrogens is 2. The summed E-state index contributed by atoms with van der Waals surface area (Å²) in [5, 5.41) is 13.8. The SMILES string of the molecule is COC(=O)Nc1n[nH]c2cc(N)c(CN[C@H](C)c3ccccc3)cc12. The molecule has 0 saturated carbocycles. The summed E-state index contributed by atoms with van der Waals surface area (Å²) < 4.78 is 4.61. The third-order valence-corrected chi connectivity index (χ3v) is 4.13. The molecule has 130 valence electrons. The van der Waals surface area contributed by atoms with Crippen LogP contribution in [0.1, 0.15) is 24.1 Å². The largest absolute Gasteiger partial charge is 0.453 e. The van der Waals surface area contributed by atoms with E-state index < -0.39 is 6.09 Å². The highest BCUT2D eigenvalue weighted by Gasteiger charge is 2.13. The Morgan fingerprint density at radius 1 is 1.32 bits per heavy atom. The zero-order valence-electron chi connectivity index (χ0n) is 14.2. The van der Waals surface area contributed by atoms with Gasteiger partial charge in [0.25, 0.3) is 0 Å². The van der Waals surface area contributed by atoms with E-state index in [1.807, 2.05) is 30.3 Å². The Kier molecular flexibility index (Phi) is 4.85. The lowest BCUT2D eigenvalue weighted by Gasteiger charge is -2.15. The molecule has 1 atom stereocenters. The maximum atomic E-state index is 11.4. The van der Waals surface area contributed by atoms with E-state index in [4.69, 9.17) is 5.73 Å². The number of nitrogens with one attached hydrogen (secondary N) is 3. The fraction of sp³-hybridized carbons (Fsp3) is 0.222. The minimum atomic E-state index is -0.567. The maximum Gasteiger partial charge on any atom is 0.412 e. The molecule has 3 rings (SSSR count). The van der Waals surface area contributed by atoms with Gasteiger partial charge in [-0.05, 0) is 30.2 Å². The van der Waals surface area contributed by atoms with E-state index in [-0.39, 0.29) is 6.04 Å². The van der Waals surface area contributed by atoms with E-state index in [0.717, 1.165) is 16.5 Å². The number of carbonyl (C=O) groups is 1. The lowest BCUT2D eigenvalue weighted by atomic mass is 10.1. The van der Waals surface area contributed by atoms with Crippen LogP contribution in [-0.2, 0) is 11.3 Å². The highest BCUT2D eigenvalue weighted by Crippen LogP contribution is 2.26. The van der Waals surface area contributed by atoms with Gasteiger partial charge in [-0.25, -0.2) is 4.79 Å². The Labute approximate surface area is 145 Å². The molecule has 0 radical (unpaired) electrons. The standard InChI is InChI=1S/C18H21N5O2/c1-11(12-6-4-3-5-7-12)20-10-13-8-14-16(9-15(13)19)22-23-17(14)21-18(24)25-2/h3-9,11,20H,10,19H2,1-2H3,(H2,21,22,23,24)/t11-/m1/s1. The number of nitrogen functional groups attached to an aromatic ring is 1. The molecular formula is C18H21N5O2. The Morgan fingerprint density at radius 3 is 2.80 bits per heavy atom. The van der Waals surface area contributed by atoms with Gasteiger partial charge in [0.05, 0.1) is 12.6 Å². The van der Waals surface area contributed by atoms with Crippen molar-refractivity contribution in [2.45, 2.75) is 19.5 Å². The first kappa shape index (κ1) is 16.8. The van der Waals surface area contributed by atoms with Gasteiger partial charge in [-0.3, -0.25) is 10.4 Å². The van der Waals surface area contributed by atoms with Gasteiger partial charge in [-0.1, -0.05) is 30.3 Å². The third kappa shape index (κ3) is 3.72. The molecule has 0 aliphatic carbocycles. The monoisotopic (exact) mass is 339 g/mol. The summed E-state index contributed by atoms with van der Waals surface area (Å²) in [5.74, 6) is 0.416. The fourth-order valence-electron chi connectivity index (χ4n) is 2.64. The van der Waals surface area contributed by atoms with Gasteiger partial charge in [0, 0.05) is 23.7 Å². The smallest absolute Gasteiger partial charge is 0.412 e. The number of rotatable bonds is 5. The van der Waals surface area contributed by atoms with Crippen LogP contribution in [0.3, 0.4) is 0 Å². The predicted octanol–water partition coefficient (Wildman–Crippen LogP) is 3.17. The molecule has 0 bridgehead atoms. The van der Waals surface area contributed by atoms with Gasteiger partial charge in [0.1, 0.15) is 0 Å². The zero-order chi connectivity index (χ0) is 17.8. The number of methoxy groups -OCH3 is 1. The first-order chi connectivity index (χ1) is 12.1. The Balaban J connectivity index is 1.80. The molecule has 7 nitrogen and oxygen atoms in total. The van der Waals surface area contributed by atoms with Crippen LogP contribution in [0.25, 0.3) is 10.9 Å². The number of nitrogens with two attached hydrogens (primary N) is 1. The van der Waals surface area contributed by atoms with Crippen LogP contribution in [0, 0.1) is 0 Å². The molecule has 0 aliphatic rings. The number of hydrogen-bond acceptors (Lipinski definition) is 5. The van der Waals surface area contributed by atoms with E-state index in [2.05, 4.69) is 44.6 Å². The normalized spacial score (nSPS) is 12.1. The van der Waals surface area contributed by atoms with Gasteiger partial charge < -0.3 is 15.8 Å². The first-order valence-corrected chi connectivity index (χ1v) is 7.98. The second kappa shape index (κ2) is 7.23. The lowest BCUT2D eigenvalue weighted by molar-refractivity contribution is 0.187. The second-order valence-electron chi connectivity index (χ2n) is 5.80. The van der Waals surface area contributed by atoms with Crippen LogP contribution >= 0.6 is 0 Å². The average Bonchev–Trinajstić information content (AvgIpc) is 3.01. The molecule has 0 aliphatic heterocycles. The molecular weight excluding hydrogens is 318 g/mol. The molecule has 5 N–H and O–H groups in total. The summed E-state index contributed by atoms with van der Waals surface area (Å²) >= 11 is 0. The highest BCUT2D eigenvalue weighted by atomic mass is 16.5. The number of nitrogens with zero attached hydrogens (tertiary/aromatic N) is 1. The molecule has 0 spiro atoms. The number of carbonyl (C=O) groups excluding carboxylic acids is 1. The maximum absolute atomic E-state index is 11.4. The molecule has 0 saturated heterocycles. The molecule has 1 amide bonds. The van der Waals surface area contributed by atoms with Crippen LogP contribution < -0.4 is 16.4 Å². The van der Waals surface area contributed by atoms with Crippen molar-refractivity contribution in [2.75, 3.05) is 18.2 Å². The minimum absolute atomic E-state index is 0.188. The van der Waals surface area contributed by atoms with Crippen molar-refractivity contribution < 1.29 is 9.53 Å². The van der Waals surface area contributed by atoms with Gasteiger partial charge in [-0.15, -0.1) is 0 Å². The van der Waals surface area contributed by atoms with Crippen LogP contribution in [0.4, 0.5) is 16.3 Å². The number of benzene rings is 2. The highest BCUT2D eigenvalue weighted by molar-refractivity contribution is 5.98. The van der Waals surface area contributed by atoms with Crippen LogP contribution in [-0.4, -0.2) is 23.4 Å². The predicted molar refractivity (Wildman–Crippen MR) is 98.2 cm³/mol. The van der Waals surface area contributed by atoms with Crippen LogP contribution in [0.5, 0.6) is 0 Å². The minimum Gasteiger partial charge on any atom is -0.453 e. The van der Waals surface area contributed by atoms with Crippen LogP contribution in [0.2, 0.25) is 0 Å². The van der Waals surface area contributed by atoms with E-state index in [1.54, 1.807) is 0 Å². The van der Waals surface area contributed by atoms with Gasteiger partial charge in [-0.2, -0.15) is 5.10 Å². The summed E-state index contributed by atoms with van der Waals surface area (Å²) in [6.45, 7) is 2.70. The molecule has 0 unspecified atom stereocenters. The Bertz CT molecular complexity index is 876. The fourth-order valence-corrected chi connectivity index (χ4v) is 2.64. The Morgan fingerprint density at radius 2 is 2.08 bits per heavy atom. The Hall–Kier alpha value is -3.06. The summed E-state index contributed by atoms with van der Waals surface area (Å²) in [6.07, 6.45) is -0.567. The molecule has 3 aromatic rings. The third-order valence-electron chi connectivity index (χ3n) is 4.13. The summed E-state index contributed by atoms with van der Waals surface area (Å²) in [7, 11) is 1.31. The van der Waals surface area contributed by atoms with Crippen molar-refractivity contribution >= 4 is 28.5 Å². The molecule has 1 heterocycles. The average molecular weight is 339 g/mol. The number of aromatic amines is 1. The number of hydrogen-bond donors (Lipinski definition) is 4. The summed E-state index contributed by atoms with van der Waals surface area (Å²) in [4.78, 5) is 11.4. The lowest BCUT2D eigenvalue weighted by Crippen LogP contribution is -2.18. The van der Waals surface area contributed by atoms with E-state index >= 15 is 0 Å². The van der Waals surface area contributed by atoms with Crippen LogP contribution in [0.15, 0.2) is 42.5 Å². The van der Waals surface area contributed by atoms with Gasteiger partial charge in [0.15, 0.2) is 5.82 Å². The molecule has 1 aromatic heterocycles.